The van der Waals surface area contributed by atoms with Gasteiger partial charge in [-0.25, -0.2) is 13.6 Å². The van der Waals surface area contributed by atoms with Crippen molar-refractivity contribution in [2.24, 2.45) is 0 Å². The van der Waals surface area contributed by atoms with E-state index in [1.807, 2.05) is 31.2 Å². The summed E-state index contributed by atoms with van der Waals surface area (Å²) < 4.78 is 37.7. The van der Waals surface area contributed by atoms with Gasteiger partial charge in [-0.1, -0.05) is 30.3 Å². The summed E-state index contributed by atoms with van der Waals surface area (Å²) in [5.74, 6) is -2.07. The Morgan fingerprint density at radius 1 is 1.24 bits per heavy atom. The first-order chi connectivity index (χ1) is 16.4. The van der Waals surface area contributed by atoms with Gasteiger partial charge in [0.25, 0.3) is 0 Å². The van der Waals surface area contributed by atoms with Crippen molar-refractivity contribution in [1.82, 2.24) is 4.90 Å². The van der Waals surface area contributed by atoms with E-state index in [1.165, 1.54) is 12.1 Å². The summed E-state index contributed by atoms with van der Waals surface area (Å²) in [6.07, 6.45) is 4.69. The Morgan fingerprint density at radius 2 is 2.03 bits per heavy atom. The maximum absolute atomic E-state index is 13.6. The third-order valence-electron chi connectivity index (χ3n) is 6.06. The molecular formula is C27H33F2NO4. The molecule has 1 fully saturated rings. The second-order valence-electron chi connectivity index (χ2n) is 8.59. The van der Waals surface area contributed by atoms with Gasteiger partial charge >= 0.3 is 5.97 Å². The number of esters is 1. The number of β-amino-alcohol motifs (C(OH)–C–C–N with tert-alkyl or cyclic N) is 1. The van der Waals surface area contributed by atoms with Crippen molar-refractivity contribution < 1.29 is 28.2 Å². The molecule has 3 atom stereocenters. The van der Waals surface area contributed by atoms with Crippen molar-refractivity contribution in [3.8, 4) is 0 Å². The lowest BCUT2D eigenvalue weighted by Gasteiger charge is -2.27. The van der Waals surface area contributed by atoms with Crippen molar-refractivity contribution in [3.05, 3.63) is 76.9 Å². The quantitative estimate of drug-likeness (QED) is 0.379. The highest BCUT2D eigenvalue weighted by atomic mass is 19.2. The molecule has 0 amide bonds. The maximum Gasteiger partial charge on any atom is 0.330 e. The van der Waals surface area contributed by atoms with Crippen molar-refractivity contribution >= 4 is 12.0 Å². The average Bonchev–Trinajstić information content (AvgIpc) is 3.25. The van der Waals surface area contributed by atoms with Gasteiger partial charge in [0.15, 0.2) is 11.6 Å². The molecule has 34 heavy (non-hydrogen) atoms. The van der Waals surface area contributed by atoms with Crippen LogP contribution in [0.1, 0.15) is 49.5 Å². The standard InChI is InChI=1S/C27H33F2NO4/c1-3-33-27(32)13-11-21-7-4-5-9-24(21)19(2)34-18-23(31)17-30-14-6-8-22(30)15-20-10-12-25(28)26(29)16-20/h4-5,7,9-13,16,19,22-23,31H,3,6,8,14-15,17-18H2,1-2H3/t19-,22+,23-/m1/s1. The first kappa shape index (κ1) is 26.0. The predicted molar refractivity (Wildman–Crippen MR) is 127 cm³/mol. The summed E-state index contributed by atoms with van der Waals surface area (Å²) in [7, 11) is 0. The molecule has 1 saturated heterocycles. The Morgan fingerprint density at radius 3 is 2.79 bits per heavy atom. The summed E-state index contributed by atoms with van der Waals surface area (Å²) in [6.45, 7) is 5.44. The monoisotopic (exact) mass is 473 g/mol. The van der Waals surface area contributed by atoms with Crippen LogP contribution in [0.2, 0.25) is 0 Å². The van der Waals surface area contributed by atoms with E-state index in [1.54, 1.807) is 19.1 Å². The predicted octanol–water partition coefficient (Wildman–Crippen LogP) is 4.69. The number of aliphatic hydroxyl groups excluding tert-OH is 1. The summed E-state index contributed by atoms with van der Waals surface area (Å²) in [5.41, 5.74) is 2.51. The first-order valence-electron chi connectivity index (χ1n) is 11.8. The molecule has 1 heterocycles. The minimum atomic E-state index is -0.841. The molecule has 1 N–H and O–H groups in total. The molecule has 5 nitrogen and oxygen atoms in total. The van der Waals surface area contributed by atoms with Crippen LogP contribution in [0.5, 0.6) is 0 Å². The SMILES string of the molecule is CCOC(=O)C=Cc1ccccc1[C@@H](C)OC[C@H](O)CN1CCC[C@H]1Cc1ccc(F)c(F)c1. The molecule has 0 aliphatic carbocycles. The smallest absolute Gasteiger partial charge is 0.330 e. The molecule has 0 unspecified atom stereocenters. The minimum absolute atomic E-state index is 0.158. The van der Waals surface area contributed by atoms with E-state index in [4.69, 9.17) is 9.47 Å². The summed E-state index contributed by atoms with van der Waals surface area (Å²) in [4.78, 5) is 13.8. The summed E-state index contributed by atoms with van der Waals surface area (Å²) >= 11 is 0. The molecule has 0 aromatic heterocycles. The number of rotatable bonds is 11. The number of ether oxygens (including phenoxy) is 2. The fourth-order valence-electron chi connectivity index (χ4n) is 4.36. The molecule has 7 heteroatoms. The molecule has 2 aromatic carbocycles. The lowest BCUT2D eigenvalue weighted by molar-refractivity contribution is -0.137. The molecule has 0 spiro atoms. The highest BCUT2D eigenvalue weighted by Crippen LogP contribution is 2.24. The molecule has 184 valence electrons. The van der Waals surface area contributed by atoms with E-state index in [0.717, 1.165) is 42.1 Å². The van der Waals surface area contributed by atoms with Gasteiger partial charge in [-0.05, 0) is 74.6 Å². The topological polar surface area (TPSA) is 59.0 Å². The number of hydrogen-bond acceptors (Lipinski definition) is 5. The van der Waals surface area contributed by atoms with Crippen molar-refractivity contribution in [2.45, 2.75) is 51.4 Å². The second kappa shape index (κ2) is 12.7. The van der Waals surface area contributed by atoms with Crippen LogP contribution in [0.15, 0.2) is 48.5 Å². The van der Waals surface area contributed by atoms with Crippen molar-refractivity contribution in [2.75, 3.05) is 26.3 Å². The zero-order chi connectivity index (χ0) is 24.5. The van der Waals surface area contributed by atoms with Crippen LogP contribution in [0.3, 0.4) is 0 Å². The molecule has 1 aliphatic heterocycles. The maximum atomic E-state index is 13.6. The molecular weight excluding hydrogens is 440 g/mol. The van der Waals surface area contributed by atoms with Crippen molar-refractivity contribution in [3.63, 3.8) is 0 Å². The van der Waals surface area contributed by atoms with Crippen LogP contribution in [-0.4, -0.2) is 54.4 Å². The number of likely N-dealkylation sites (tertiary alicyclic amines) is 1. The van der Waals surface area contributed by atoms with Crippen LogP contribution >= 0.6 is 0 Å². The number of benzene rings is 2. The van der Waals surface area contributed by atoms with Crippen LogP contribution in [0.25, 0.3) is 6.08 Å². The van der Waals surface area contributed by atoms with Gasteiger partial charge in [-0.2, -0.15) is 0 Å². The molecule has 1 aliphatic rings. The Balaban J connectivity index is 1.53. The van der Waals surface area contributed by atoms with Gasteiger partial charge in [0.2, 0.25) is 0 Å². The third-order valence-corrected chi connectivity index (χ3v) is 6.06. The number of halogens is 2. The van der Waals surface area contributed by atoms with E-state index < -0.39 is 23.7 Å². The fraction of sp³-hybridized carbons (Fsp3) is 0.444. The summed E-state index contributed by atoms with van der Waals surface area (Å²) in [6, 6.07) is 11.8. The Hall–Kier alpha value is -2.61. The fourth-order valence-corrected chi connectivity index (χ4v) is 4.36. The Bertz CT molecular complexity index is 981. The van der Waals surface area contributed by atoms with Crippen LogP contribution < -0.4 is 0 Å². The highest BCUT2D eigenvalue weighted by molar-refractivity contribution is 5.87. The minimum Gasteiger partial charge on any atom is -0.463 e. The zero-order valence-electron chi connectivity index (χ0n) is 19.8. The number of carbonyl (C=O) groups excluding carboxylic acids is 1. The molecule has 2 aromatic rings. The van der Waals surface area contributed by atoms with Gasteiger partial charge in [-0.15, -0.1) is 0 Å². The average molecular weight is 474 g/mol. The van der Waals surface area contributed by atoms with Gasteiger partial charge in [-0.3, -0.25) is 4.90 Å². The first-order valence-corrected chi connectivity index (χ1v) is 11.8. The Kier molecular flexibility index (Phi) is 9.74. The largest absolute Gasteiger partial charge is 0.463 e. The van der Waals surface area contributed by atoms with Crippen LogP contribution in [0, 0.1) is 11.6 Å². The molecule has 3 rings (SSSR count). The van der Waals surface area contributed by atoms with Gasteiger partial charge in [0.1, 0.15) is 0 Å². The number of carbonyl (C=O) groups is 1. The van der Waals surface area contributed by atoms with E-state index in [-0.39, 0.29) is 18.8 Å². The number of hydrogen-bond donors (Lipinski definition) is 1. The normalized spacial score (nSPS) is 18.3. The van der Waals surface area contributed by atoms with Crippen LogP contribution in [-0.2, 0) is 20.7 Å². The van der Waals surface area contributed by atoms with Crippen molar-refractivity contribution in [1.29, 1.82) is 0 Å². The number of nitrogens with zero attached hydrogens (tertiary/aromatic N) is 1. The number of aliphatic hydroxyl groups is 1. The molecule has 0 saturated carbocycles. The Labute approximate surface area is 200 Å². The summed E-state index contributed by atoms with van der Waals surface area (Å²) in [5, 5.41) is 10.6. The van der Waals surface area contributed by atoms with E-state index in [2.05, 4.69) is 4.90 Å². The van der Waals surface area contributed by atoms with Gasteiger partial charge in [0, 0.05) is 18.7 Å². The third kappa shape index (κ3) is 7.45. The zero-order valence-corrected chi connectivity index (χ0v) is 19.8. The lowest BCUT2D eigenvalue weighted by atomic mass is 10.0. The van der Waals surface area contributed by atoms with Gasteiger partial charge < -0.3 is 14.6 Å². The van der Waals surface area contributed by atoms with E-state index in [0.29, 0.717) is 19.6 Å². The molecule has 0 bridgehead atoms. The van der Waals surface area contributed by atoms with E-state index >= 15 is 0 Å². The van der Waals surface area contributed by atoms with Gasteiger partial charge in [0.05, 0.1) is 25.4 Å². The second-order valence-corrected chi connectivity index (χ2v) is 8.59. The highest BCUT2D eigenvalue weighted by Gasteiger charge is 2.27. The molecule has 0 radical (unpaired) electrons. The van der Waals surface area contributed by atoms with Crippen LogP contribution in [0.4, 0.5) is 8.78 Å². The lowest BCUT2D eigenvalue weighted by Crippen LogP contribution is -2.39. The van der Waals surface area contributed by atoms with E-state index in [9.17, 15) is 18.7 Å².